The largest absolute Gasteiger partial charge is 0.353 e. The van der Waals surface area contributed by atoms with E-state index >= 15 is 0 Å². The fourth-order valence-electron chi connectivity index (χ4n) is 4.04. The van der Waals surface area contributed by atoms with E-state index in [2.05, 4.69) is 36.4 Å². The monoisotopic (exact) mass is 451 g/mol. The van der Waals surface area contributed by atoms with E-state index in [1.165, 1.54) is 5.56 Å². The molecule has 0 spiro atoms. The van der Waals surface area contributed by atoms with E-state index in [9.17, 15) is 9.59 Å². The van der Waals surface area contributed by atoms with Crippen molar-refractivity contribution >= 4 is 17.5 Å². The molecule has 178 valence electrons. The van der Waals surface area contributed by atoms with Gasteiger partial charge in [0.15, 0.2) is 0 Å². The number of carbonyl (C=O) groups is 2. The van der Waals surface area contributed by atoms with Gasteiger partial charge in [0, 0.05) is 36.7 Å². The molecule has 0 saturated carbocycles. The number of hydrogen-bond donors (Lipinski definition) is 2. The number of pyridine rings is 1. The summed E-state index contributed by atoms with van der Waals surface area (Å²) in [6.45, 7) is 8.48. The Morgan fingerprint density at radius 2 is 1.91 bits per heavy atom. The zero-order chi connectivity index (χ0) is 24.0. The average Bonchev–Trinajstić information content (AvgIpc) is 3.32. The highest BCUT2D eigenvalue weighted by Gasteiger charge is 2.37. The predicted molar refractivity (Wildman–Crippen MR) is 132 cm³/mol. The molecule has 2 N–H and O–H groups in total. The van der Waals surface area contributed by atoms with Crippen molar-refractivity contribution < 1.29 is 9.59 Å². The first kappa shape index (κ1) is 24.9. The van der Waals surface area contributed by atoms with Crippen molar-refractivity contribution in [3.05, 3.63) is 59.9 Å². The van der Waals surface area contributed by atoms with E-state index in [0.717, 1.165) is 19.4 Å². The number of nitrogens with one attached hydrogen (secondary N) is 2. The van der Waals surface area contributed by atoms with E-state index in [1.807, 2.05) is 49.3 Å². The Hall–Kier alpha value is -2.77. The average molecular weight is 452 g/mol. The van der Waals surface area contributed by atoms with Gasteiger partial charge in [-0.15, -0.1) is 0 Å². The van der Waals surface area contributed by atoms with Gasteiger partial charge in [0.2, 0.25) is 11.8 Å². The highest BCUT2D eigenvalue weighted by atomic mass is 16.2. The zero-order valence-electron chi connectivity index (χ0n) is 20.5. The summed E-state index contributed by atoms with van der Waals surface area (Å²) in [6.07, 6.45) is 5.05. The third-order valence-electron chi connectivity index (χ3n) is 5.97. The normalized spacial score (nSPS) is 17.1. The van der Waals surface area contributed by atoms with Crippen LogP contribution in [0.4, 0.5) is 5.69 Å². The zero-order valence-corrected chi connectivity index (χ0v) is 20.5. The second-order valence-electron chi connectivity index (χ2n) is 9.94. The minimum Gasteiger partial charge on any atom is -0.353 e. The van der Waals surface area contributed by atoms with Crippen LogP contribution >= 0.6 is 0 Å². The molecule has 7 heteroatoms. The molecule has 1 aliphatic rings. The van der Waals surface area contributed by atoms with E-state index in [0.29, 0.717) is 24.3 Å². The molecule has 1 aliphatic heterocycles. The van der Waals surface area contributed by atoms with Crippen molar-refractivity contribution in [1.29, 1.82) is 0 Å². The van der Waals surface area contributed by atoms with Crippen LogP contribution in [-0.2, 0) is 15.0 Å². The van der Waals surface area contributed by atoms with Gasteiger partial charge in [-0.3, -0.25) is 19.5 Å². The van der Waals surface area contributed by atoms with Crippen LogP contribution in [0.2, 0.25) is 0 Å². The van der Waals surface area contributed by atoms with Gasteiger partial charge in [0.05, 0.1) is 6.04 Å². The molecule has 0 radical (unpaired) electrons. The molecule has 2 aromatic rings. The van der Waals surface area contributed by atoms with E-state index < -0.39 is 6.04 Å². The summed E-state index contributed by atoms with van der Waals surface area (Å²) in [5.74, 6) is -0.302. The molecule has 7 nitrogen and oxygen atoms in total. The van der Waals surface area contributed by atoms with E-state index in [1.54, 1.807) is 23.4 Å². The van der Waals surface area contributed by atoms with Crippen LogP contribution in [0.15, 0.2) is 48.8 Å². The molecule has 1 fully saturated rings. The fourth-order valence-corrected chi connectivity index (χ4v) is 4.04. The lowest BCUT2D eigenvalue weighted by molar-refractivity contribution is -0.127. The van der Waals surface area contributed by atoms with Crippen LogP contribution in [-0.4, -0.2) is 61.5 Å². The molecule has 3 rings (SSSR count). The minimum absolute atomic E-state index is 0.00726. The molecule has 1 saturated heterocycles. The quantitative estimate of drug-likeness (QED) is 0.645. The molecular weight excluding hydrogens is 414 g/mol. The predicted octanol–water partition coefficient (Wildman–Crippen LogP) is 2.88. The number of aromatic nitrogens is 1. The maximum atomic E-state index is 13.8. The molecule has 2 atom stereocenters. The first-order valence-corrected chi connectivity index (χ1v) is 11.7. The lowest BCUT2D eigenvalue weighted by Crippen LogP contribution is -2.50. The van der Waals surface area contributed by atoms with Gasteiger partial charge in [-0.25, -0.2) is 0 Å². The summed E-state index contributed by atoms with van der Waals surface area (Å²) in [6, 6.07) is 10.5. The summed E-state index contributed by atoms with van der Waals surface area (Å²) in [5, 5.41) is 6.32. The third kappa shape index (κ3) is 6.39. The van der Waals surface area contributed by atoms with Crippen LogP contribution in [0, 0.1) is 0 Å². The fraction of sp³-hybridized carbons (Fsp3) is 0.500. The Bertz CT molecular complexity index is 916. The first-order chi connectivity index (χ1) is 15.7. The van der Waals surface area contributed by atoms with Crippen LogP contribution in [0.3, 0.4) is 0 Å². The van der Waals surface area contributed by atoms with Gasteiger partial charge in [-0.1, -0.05) is 39.0 Å². The van der Waals surface area contributed by atoms with Gasteiger partial charge in [0.25, 0.3) is 0 Å². The summed E-state index contributed by atoms with van der Waals surface area (Å²) in [4.78, 5) is 35.2. The number of amides is 2. The molecular formula is C26H37N5O2. The van der Waals surface area contributed by atoms with Gasteiger partial charge in [-0.05, 0) is 62.7 Å². The number of rotatable bonds is 8. The second kappa shape index (κ2) is 10.9. The highest BCUT2D eigenvalue weighted by molar-refractivity contribution is 6.03. The van der Waals surface area contributed by atoms with Crippen molar-refractivity contribution in [2.45, 2.75) is 51.1 Å². The summed E-state index contributed by atoms with van der Waals surface area (Å²) < 4.78 is 0. The smallest absolute Gasteiger partial charge is 0.247 e. The standard InChI is InChI=1S/C26H37N5O2/c1-26(2,3)20-10-12-21(13-11-20)31(25(33)22-9-7-15-28-22)23(19-8-6-14-27-18-19)24(32)29-16-17-30(4)5/h6,8,10-14,18,22-23,28H,7,9,15-17H2,1-5H3,(H,29,32)/t22-,23?/m1/s1. The van der Waals surface area contributed by atoms with Crippen molar-refractivity contribution in [2.75, 3.05) is 38.6 Å². The number of benzene rings is 1. The Kier molecular flexibility index (Phi) is 8.21. The van der Waals surface area contributed by atoms with Gasteiger partial charge >= 0.3 is 0 Å². The molecule has 1 unspecified atom stereocenters. The lowest BCUT2D eigenvalue weighted by Gasteiger charge is -2.33. The lowest BCUT2D eigenvalue weighted by atomic mass is 9.87. The second-order valence-corrected chi connectivity index (χ2v) is 9.94. The van der Waals surface area contributed by atoms with Crippen LogP contribution in [0.25, 0.3) is 0 Å². The van der Waals surface area contributed by atoms with E-state index in [-0.39, 0.29) is 23.3 Å². The van der Waals surface area contributed by atoms with Crippen molar-refractivity contribution in [2.24, 2.45) is 0 Å². The molecule has 0 bridgehead atoms. The molecule has 2 heterocycles. The van der Waals surface area contributed by atoms with Crippen molar-refractivity contribution in [1.82, 2.24) is 20.5 Å². The SMILES string of the molecule is CN(C)CCNC(=O)C(c1cccnc1)N(C(=O)[C@H]1CCCN1)c1ccc(C(C)(C)C)cc1. The maximum Gasteiger partial charge on any atom is 0.247 e. The molecule has 1 aromatic carbocycles. The highest BCUT2D eigenvalue weighted by Crippen LogP contribution is 2.31. The Balaban J connectivity index is 2.03. The Morgan fingerprint density at radius 1 is 1.18 bits per heavy atom. The number of anilines is 1. The van der Waals surface area contributed by atoms with E-state index in [4.69, 9.17) is 0 Å². The van der Waals surface area contributed by atoms with Crippen LogP contribution in [0.5, 0.6) is 0 Å². The topological polar surface area (TPSA) is 77.6 Å². The molecule has 1 aromatic heterocycles. The first-order valence-electron chi connectivity index (χ1n) is 11.7. The van der Waals surface area contributed by atoms with Gasteiger partial charge in [-0.2, -0.15) is 0 Å². The van der Waals surface area contributed by atoms with Crippen molar-refractivity contribution in [3.8, 4) is 0 Å². The van der Waals surface area contributed by atoms with Crippen LogP contribution in [0.1, 0.15) is 50.8 Å². The number of hydrogen-bond acceptors (Lipinski definition) is 5. The summed E-state index contributed by atoms with van der Waals surface area (Å²) in [5.41, 5.74) is 2.56. The summed E-state index contributed by atoms with van der Waals surface area (Å²) in [7, 11) is 3.92. The Morgan fingerprint density at radius 3 is 2.45 bits per heavy atom. The number of carbonyl (C=O) groups excluding carboxylic acids is 2. The number of likely N-dealkylation sites (N-methyl/N-ethyl adjacent to an activating group) is 1. The molecule has 2 amide bonds. The number of nitrogens with zero attached hydrogens (tertiary/aromatic N) is 3. The van der Waals surface area contributed by atoms with Gasteiger partial charge in [0.1, 0.15) is 6.04 Å². The van der Waals surface area contributed by atoms with Gasteiger partial charge < -0.3 is 15.5 Å². The molecule has 33 heavy (non-hydrogen) atoms. The maximum absolute atomic E-state index is 13.8. The minimum atomic E-state index is -0.809. The van der Waals surface area contributed by atoms with Crippen molar-refractivity contribution in [3.63, 3.8) is 0 Å². The van der Waals surface area contributed by atoms with Crippen LogP contribution < -0.4 is 15.5 Å². The molecule has 0 aliphatic carbocycles. The Labute approximate surface area is 197 Å². The third-order valence-corrected chi connectivity index (χ3v) is 5.97. The summed E-state index contributed by atoms with van der Waals surface area (Å²) >= 11 is 0.